The van der Waals surface area contributed by atoms with Gasteiger partial charge in [0.1, 0.15) is 16.9 Å². The third-order valence-electron chi connectivity index (χ3n) is 5.80. The summed E-state index contributed by atoms with van der Waals surface area (Å²) < 4.78 is 7.23. The summed E-state index contributed by atoms with van der Waals surface area (Å²) in [6, 6.07) is 7.81. The number of rotatable bonds is 8. The molecule has 2 heterocycles. The normalized spacial score (nSPS) is 14.5. The van der Waals surface area contributed by atoms with Crippen molar-refractivity contribution in [2.75, 3.05) is 33.3 Å². The molecule has 0 radical (unpaired) electrons. The quantitative estimate of drug-likeness (QED) is 0.644. The molecule has 1 aliphatic heterocycles. The lowest BCUT2D eigenvalue weighted by molar-refractivity contribution is 0.0625. The maximum absolute atomic E-state index is 13.4. The summed E-state index contributed by atoms with van der Waals surface area (Å²) in [7, 11) is 1.66. The minimum Gasteiger partial charge on any atom is -0.496 e. The zero-order valence-electron chi connectivity index (χ0n) is 20.8. The monoisotopic (exact) mass is 468 g/mol. The maximum atomic E-state index is 13.4. The number of piperazine rings is 1. The summed E-state index contributed by atoms with van der Waals surface area (Å²) >= 11 is 0. The Balaban J connectivity index is 1.77. The van der Waals surface area contributed by atoms with Crippen LogP contribution in [0.25, 0.3) is 0 Å². The molecule has 1 aromatic heterocycles. The highest BCUT2D eigenvalue weighted by atomic mass is 16.5. The van der Waals surface area contributed by atoms with Crippen molar-refractivity contribution in [2.24, 2.45) is 5.92 Å². The van der Waals surface area contributed by atoms with Crippen molar-refractivity contribution in [3.63, 3.8) is 0 Å². The first-order chi connectivity index (χ1) is 16.2. The molecule has 8 heteroatoms. The molecule has 2 aromatic rings. The second-order valence-corrected chi connectivity index (χ2v) is 9.51. The van der Waals surface area contributed by atoms with E-state index in [2.05, 4.69) is 24.1 Å². The van der Waals surface area contributed by atoms with Gasteiger partial charge in [-0.05, 0) is 25.8 Å². The molecule has 1 aliphatic rings. The number of nitrogens with one attached hydrogen (secondary N) is 1. The summed E-state index contributed by atoms with van der Waals surface area (Å²) in [6.45, 7) is 11.5. The molecule has 1 N–H and O–H groups in total. The first kappa shape index (κ1) is 25.5. The molecule has 8 nitrogen and oxygen atoms in total. The van der Waals surface area contributed by atoms with E-state index in [4.69, 9.17) is 4.74 Å². The number of carbonyl (C=O) groups is 2. The van der Waals surface area contributed by atoms with Gasteiger partial charge in [0.2, 0.25) is 5.43 Å². The zero-order valence-corrected chi connectivity index (χ0v) is 20.8. The standard InChI is InChI=1S/C26H36N4O4/c1-18(2)14-29-16-21(25(32)27-19(3)4)24(31)22(17-29)26(33)30-12-10-28(11-13-30)15-20-8-6-7-9-23(20)34-5/h6-9,16-19H,10-15H2,1-5H3,(H,27,32). The van der Waals surface area contributed by atoms with Crippen LogP contribution in [0.15, 0.2) is 41.5 Å². The van der Waals surface area contributed by atoms with Gasteiger partial charge in [-0.3, -0.25) is 19.3 Å². The number of pyridine rings is 1. The third-order valence-corrected chi connectivity index (χ3v) is 5.80. The molecule has 1 fully saturated rings. The molecule has 0 bridgehead atoms. The van der Waals surface area contributed by atoms with Crippen LogP contribution in [-0.4, -0.2) is 65.5 Å². The van der Waals surface area contributed by atoms with Gasteiger partial charge in [0.05, 0.1) is 7.11 Å². The number of para-hydroxylation sites is 1. The number of nitrogens with zero attached hydrogens (tertiary/aromatic N) is 3. The molecule has 1 aromatic carbocycles. The summed E-state index contributed by atoms with van der Waals surface area (Å²) in [5.74, 6) is 0.376. The number of methoxy groups -OCH3 is 1. The Bertz CT molecular complexity index is 1070. The van der Waals surface area contributed by atoms with Crippen LogP contribution in [0.5, 0.6) is 5.75 Å². The largest absolute Gasteiger partial charge is 0.496 e. The summed E-state index contributed by atoms with van der Waals surface area (Å²) in [4.78, 5) is 43.2. The number of benzene rings is 1. The van der Waals surface area contributed by atoms with Gasteiger partial charge in [0.25, 0.3) is 11.8 Å². The average molecular weight is 469 g/mol. The van der Waals surface area contributed by atoms with Crippen LogP contribution in [0.4, 0.5) is 0 Å². The zero-order chi connectivity index (χ0) is 24.8. The molecular formula is C26H36N4O4. The lowest BCUT2D eigenvalue weighted by Crippen LogP contribution is -2.49. The van der Waals surface area contributed by atoms with Crippen molar-refractivity contribution >= 4 is 11.8 Å². The van der Waals surface area contributed by atoms with E-state index in [1.807, 2.05) is 38.1 Å². The van der Waals surface area contributed by atoms with Crippen LogP contribution in [0.2, 0.25) is 0 Å². The fourth-order valence-electron chi connectivity index (χ4n) is 4.17. The van der Waals surface area contributed by atoms with E-state index in [9.17, 15) is 14.4 Å². The fraction of sp³-hybridized carbons (Fsp3) is 0.500. The van der Waals surface area contributed by atoms with Crippen molar-refractivity contribution in [1.29, 1.82) is 0 Å². The van der Waals surface area contributed by atoms with Gasteiger partial charge >= 0.3 is 0 Å². The van der Waals surface area contributed by atoms with Gasteiger partial charge in [-0.1, -0.05) is 32.0 Å². The van der Waals surface area contributed by atoms with Gasteiger partial charge in [-0.2, -0.15) is 0 Å². The molecule has 3 rings (SSSR count). The summed E-state index contributed by atoms with van der Waals surface area (Å²) in [5.41, 5.74) is 0.648. The summed E-state index contributed by atoms with van der Waals surface area (Å²) in [6.07, 6.45) is 3.15. The Morgan fingerprint density at radius 2 is 1.65 bits per heavy atom. The van der Waals surface area contributed by atoms with Crippen molar-refractivity contribution in [3.05, 3.63) is 63.6 Å². The minimum atomic E-state index is -0.514. The highest BCUT2D eigenvalue weighted by Crippen LogP contribution is 2.20. The molecule has 0 saturated carbocycles. The number of hydrogen-bond donors (Lipinski definition) is 1. The van der Waals surface area contributed by atoms with Gasteiger partial charge < -0.3 is 19.5 Å². The number of amides is 2. The number of carbonyl (C=O) groups excluding carboxylic acids is 2. The van der Waals surface area contributed by atoms with Gasteiger partial charge in [-0.15, -0.1) is 0 Å². The molecule has 2 amide bonds. The lowest BCUT2D eigenvalue weighted by atomic mass is 10.1. The van der Waals surface area contributed by atoms with E-state index in [1.54, 1.807) is 29.0 Å². The van der Waals surface area contributed by atoms with Crippen LogP contribution in [-0.2, 0) is 13.1 Å². The number of ether oxygens (including phenoxy) is 1. The molecule has 34 heavy (non-hydrogen) atoms. The molecule has 0 aliphatic carbocycles. The van der Waals surface area contributed by atoms with Crippen molar-refractivity contribution < 1.29 is 14.3 Å². The van der Waals surface area contributed by atoms with Crippen LogP contribution < -0.4 is 15.5 Å². The van der Waals surface area contributed by atoms with Crippen molar-refractivity contribution in [3.8, 4) is 5.75 Å². The maximum Gasteiger partial charge on any atom is 0.259 e. The first-order valence-corrected chi connectivity index (χ1v) is 11.9. The van der Waals surface area contributed by atoms with Gasteiger partial charge in [0, 0.05) is 63.3 Å². The van der Waals surface area contributed by atoms with E-state index in [0.717, 1.165) is 17.9 Å². The molecule has 0 atom stereocenters. The number of hydrogen-bond acceptors (Lipinski definition) is 5. The van der Waals surface area contributed by atoms with E-state index in [-0.39, 0.29) is 23.1 Å². The highest BCUT2D eigenvalue weighted by molar-refractivity contribution is 5.99. The van der Waals surface area contributed by atoms with E-state index in [1.165, 1.54) is 0 Å². The first-order valence-electron chi connectivity index (χ1n) is 11.9. The Labute approximate surface area is 201 Å². The van der Waals surface area contributed by atoms with Crippen LogP contribution in [0.3, 0.4) is 0 Å². The Hall–Kier alpha value is -3.13. The topological polar surface area (TPSA) is 83.9 Å². The van der Waals surface area contributed by atoms with Crippen molar-refractivity contribution in [1.82, 2.24) is 19.7 Å². The molecule has 1 saturated heterocycles. The lowest BCUT2D eigenvalue weighted by Gasteiger charge is -2.35. The number of aromatic nitrogens is 1. The SMILES string of the molecule is COc1ccccc1CN1CCN(C(=O)c2cn(CC(C)C)cc(C(=O)NC(C)C)c2=O)CC1. The van der Waals surface area contributed by atoms with E-state index in [0.29, 0.717) is 38.6 Å². The molecule has 0 spiro atoms. The van der Waals surface area contributed by atoms with E-state index >= 15 is 0 Å². The van der Waals surface area contributed by atoms with Crippen LogP contribution >= 0.6 is 0 Å². The Morgan fingerprint density at radius 1 is 1.00 bits per heavy atom. The fourth-order valence-corrected chi connectivity index (χ4v) is 4.17. The average Bonchev–Trinajstić information content (AvgIpc) is 2.79. The molecular weight excluding hydrogens is 432 g/mol. The minimum absolute atomic E-state index is 0.00927. The Morgan fingerprint density at radius 3 is 2.26 bits per heavy atom. The third kappa shape index (κ3) is 6.26. The van der Waals surface area contributed by atoms with Gasteiger partial charge in [-0.25, -0.2) is 0 Å². The summed E-state index contributed by atoms with van der Waals surface area (Å²) in [5, 5.41) is 2.77. The molecule has 0 unspecified atom stereocenters. The van der Waals surface area contributed by atoms with Gasteiger partial charge in [0.15, 0.2) is 0 Å². The predicted molar refractivity (Wildman–Crippen MR) is 132 cm³/mol. The Kier molecular flexibility index (Phi) is 8.50. The van der Waals surface area contributed by atoms with E-state index < -0.39 is 11.3 Å². The van der Waals surface area contributed by atoms with Crippen LogP contribution in [0.1, 0.15) is 54.0 Å². The van der Waals surface area contributed by atoms with Crippen molar-refractivity contribution in [2.45, 2.75) is 46.8 Å². The molecule has 184 valence electrons. The van der Waals surface area contributed by atoms with Crippen LogP contribution in [0, 0.1) is 5.92 Å². The smallest absolute Gasteiger partial charge is 0.259 e. The predicted octanol–water partition coefficient (Wildman–Crippen LogP) is 2.61. The second-order valence-electron chi connectivity index (χ2n) is 9.51. The second kappa shape index (κ2) is 11.3. The highest BCUT2D eigenvalue weighted by Gasteiger charge is 2.27.